The van der Waals surface area contributed by atoms with Crippen LogP contribution in [0.4, 0.5) is 5.69 Å². The van der Waals surface area contributed by atoms with E-state index >= 15 is 0 Å². The Morgan fingerprint density at radius 1 is 1.43 bits per heavy atom. The van der Waals surface area contributed by atoms with Gasteiger partial charge in [0.25, 0.3) is 5.56 Å². The van der Waals surface area contributed by atoms with Crippen molar-refractivity contribution in [3.8, 4) is 5.75 Å². The van der Waals surface area contributed by atoms with Gasteiger partial charge in [0.2, 0.25) is 0 Å². The number of methoxy groups -OCH3 is 1. The van der Waals surface area contributed by atoms with E-state index in [1.807, 2.05) is 12.1 Å². The highest BCUT2D eigenvalue weighted by atomic mass is 16.5. The standard InChI is InChI=1S/C10H10N2O2/c1-14-9-4-2-3-8-6(9)5-7(11)10(13)12-8/h2-5H,11H2,1H3,(H,12,13). The molecule has 0 aliphatic rings. The van der Waals surface area contributed by atoms with Gasteiger partial charge in [-0.25, -0.2) is 0 Å². The Hall–Kier alpha value is -1.97. The third-order valence-electron chi connectivity index (χ3n) is 2.10. The highest BCUT2D eigenvalue weighted by Crippen LogP contribution is 2.23. The van der Waals surface area contributed by atoms with E-state index in [9.17, 15) is 4.79 Å². The largest absolute Gasteiger partial charge is 0.496 e. The summed E-state index contributed by atoms with van der Waals surface area (Å²) in [5.41, 5.74) is 6.16. The number of hydrogen-bond donors (Lipinski definition) is 2. The first-order valence-corrected chi connectivity index (χ1v) is 4.18. The molecule has 0 unspecified atom stereocenters. The van der Waals surface area contributed by atoms with E-state index in [2.05, 4.69) is 4.98 Å². The van der Waals surface area contributed by atoms with Crippen molar-refractivity contribution in [3.63, 3.8) is 0 Å². The molecule has 0 amide bonds. The molecule has 0 aliphatic carbocycles. The third kappa shape index (κ3) is 1.21. The molecule has 1 heterocycles. The predicted octanol–water partition coefficient (Wildman–Crippen LogP) is 1.12. The summed E-state index contributed by atoms with van der Waals surface area (Å²) in [7, 11) is 1.58. The molecule has 0 bridgehead atoms. The molecule has 0 saturated heterocycles. The molecule has 1 aromatic carbocycles. The van der Waals surface area contributed by atoms with E-state index in [0.29, 0.717) is 5.75 Å². The van der Waals surface area contributed by atoms with E-state index < -0.39 is 0 Å². The molecule has 3 N–H and O–H groups in total. The van der Waals surface area contributed by atoms with E-state index in [1.54, 1.807) is 19.2 Å². The average molecular weight is 190 g/mol. The van der Waals surface area contributed by atoms with Crippen molar-refractivity contribution in [2.24, 2.45) is 0 Å². The number of rotatable bonds is 1. The fraction of sp³-hybridized carbons (Fsp3) is 0.100. The lowest BCUT2D eigenvalue weighted by Crippen LogP contribution is -2.11. The lowest BCUT2D eigenvalue weighted by atomic mass is 10.2. The van der Waals surface area contributed by atoms with Gasteiger partial charge >= 0.3 is 0 Å². The molecule has 2 aromatic rings. The Morgan fingerprint density at radius 3 is 2.93 bits per heavy atom. The van der Waals surface area contributed by atoms with Gasteiger partial charge in [-0.15, -0.1) is 0 Å². The second-order valence-corrected chi connectivity index (χ2v) is 2.98. The molecule has 0 spiro atoms. The van der Waals surface area contributed by atoms with Crippen LogP contribution in [0.1, 0.15) is 0 Å². The highest BCUT2D eigenvalue weighted by molar-refractivity contribution is 5.87. The summed E-state index contributed by atoms with van der Waals surface area (Å²) in [6.07, 6.45) is 0. The summed E-state index contributed by atoms with van der Waals surface area (Å²) in [6, 6.07) is 7.05. The molecule has 4 nitrogen and oxygen atoms in total. The molecule has 0 aliphatic heterocycles. The second-order valence-electron chi connectivity index (χ2n) is 2.98. The number of H-pyrrole nitrogens is 1. The number of nitrogens with two attached hydrogens (primary N) is 1. The average Bonchev–Trinajstić information content (AvgIpc) is 2.19. The number of aromatic amines is 1. The predicted molar refractivity (Wildman–Crippen MR) is 55.5 cm³/mol. The summed E-state index contributed by atoms with van der Waals surface area (Å²) in [5, 5.41) is 0.812. The fourth-order valence-electron chi connectivity index (χ4n) is 1.40. The summed E-state index contributed by atoms with van der Waals surface area (Å²) in [5.74, 6) is 0.699. The molecular weight excluding hydrogens is 180 g/mol. The zero-order valence-electron chi connectivity index (χ0n) is 7.70. The van der Waals surface area contributed by atoms with Crippen molar-refractivity contribution in [1.82, 2.24) is 4.98 Å². The molecule has 0 saturated carbocycles. The minimum Gasteiger partial charge on any atom is -0.496 e. The van der Waals surface area contributed by atoms with E-state index in [1.165, 1.54) is 0 Å². The summed E-state index contributed by atoms with van der Waals surface area (Å²) in [6.45, 7) is 0. The zero-order chi connectivity index (χ0) is 10.1. The number of anilines is 1. The second kappa shape index (κ2) is 3.06. The molecule has 72 valence electrons. The minimum absolute atomic E-state index is 0.196. The molecule has 0 fully saturated rings. The lowest BCUT2D eigenvalue weighted by molar-refractivity contribution is 0.420. The van der Waals surface area contributed by atoms with Crippen LogP contribution in [-0.4, -0.2) is 12.1 Å². The molecule has 2 rings (SSSR count). The molecular formula is C10H10N2O2. The zero-order valence-corrected chi connectivity index (χ0v) is 7.70. The van der Waals surface area contributed by atoms with Crippen LogP contribution >= 0.6 is 0 Å². The summed E-state index contributed by atoms with van der Waals surface area (Å²) >= 11 is 0. The maximum absolute atomic E-state index is 11.2. The van der Waals surface area contributed by atoms with Gasteiger partial charge in [-0.05, 0) is 18.2 Å². The molecule has 0 atom stereocenters. The van der Waals surface area contributed by atoms with Crippen LogP contribution in [0.25, 0.3) is 10.9 Å². The Kier molecular flexibility index (Phi) is 1.89. The fourth-order valence-corrected chi connectivity index (χ4v) is 1.40. The van der Waals surface area contributed by atoms with Gasteiger partial charge in [-0.3, -0.25) is 4.79 Å². The monoisotopic (exact) mass is 190 g/mol. The van der Waals surface area contributed by atoms with Crippen LogP contribution in [0, 0.1) is 0 Å². The van der Waals surface area contributed by atoms with Crippen molar-refractivity contribution >= 4 is 16.6 Å². The van der Waals surface area contributed by atoms with Crippen LogP contribution < -0.4 is 16.0 Å². The highest BCUT2D eigenvalue weighted by Gasteiger charge is 2.03. The number of aromatic nitrogens is 1. The Labute approximate surface area is 80.3 Å². The number of ether oxygens (including phenoxy) is 1. The topological polar surface area (TPSA) is 68.1 Å². The van der Waals surface area contributed by atoms with Gasteiger partial charge in [0, 0.05) is 5.39 Å². The van der Waals surface area contributed by atoms with Gasteiger partial charge in [-0.1, -0.05) is 6.07 Å². The van der Waals surface area contributed by atoms with Gasteiger partial charge in [-0.2, -0.15) is 0 Å². The molecule has 1 aromatic heterocycles. The SMILES string of the molecule is COc1cccc2[nH]c(=O)c(N)cc12. The lowest BCUT2D eigenvalue weighted by Gasteiger charge is -2.04. The number of nitrogen functional groups attached to an aromatic ring is 1. The Bertz CT molecular complexity index is 531. The number of fused-ring (bicyclic) bond motifs is 1. The quantitative estimate of drug-likeness (QED) is 0.708. The maximum Gasteiger partial charge on any atom is 0.271 e. The van der Waals surface area contributed by atoms with Crippen molar-refractivity contribution in [3.05, 3.63) is 34.6 Å². The van der Waals surface area contributed by atoms with Crippen LogP contribution in [0.5, 0.6) is 5.75 Å². The first kappa shape index (κ1) is 8.62. The normalized spacial score (nSPS) is 10.4. The van der Waals surface area contributed by atoms with Crippen LogP contribution in [-0.2, 0) is 0 Å². The van der Waals surface area contributed by atoms with Crippen molar-refractivity contribution in [1.29, 1.82) is 0 Å². The van der Waals surface area contributed by atoms with E-state index in [4.69, 9.17) is 10.5 Å². The van der Waals surface area contributed by atoms with Crippen molar-refractivity contribution < 1.29 is 4.74 Å². The van der Waals surface area contributed by atoms with Crippen molar-refractivity contribution in [2.45, 2.75) is 0 Å². The summed E-state index contributed by atoms with van der Waals surface area (Å²) in [4.78, 5) is 13.9. The van der Waals surface area contributed by atoms with Crippen LogP contribution in [0.3, 0.4) is 0 Å². The number of pyridine rings is 1. The molecule has 14 heavy (non-hydrogen) atoms. The minimum atomic E-state index is -0.272. The number of nitrogens with one attached hydrogen (secondary N) is 1. The Morgan fingerprint density at radius 2 is 2.21 bits per heavy atom. The number of hydrogen-bond acceptors (Lipinski definition) is 3. The smallest absolute Gasteiger partial charge is 0.271 e. The van der Waals surface area contributed by atoms with Crippen LogP contribution in [0.15, 0.2) is 29.1 Å². The molecule has 0 radical (unpaired) electrons. The third-order valence-corrected chi connectivity index (χ3v) is 2.10. The van der Waals surface area contributed by atoms with Gasteiger partial charge in [0.15, 0.2) is 0 Å². The summed E-state index contributed by atoms with van der Waals surface area (Å²) < 4.78 is 5.14. The first-order valence-electron chi connectivity index (χ1n) is 4.18. The van der Waals surface area contributed by atoms with Crippen molar-refractivity contribution in [2.75, 3.05) is 12.8 Å². The Balaban J connectivity index is 2.88. The van der Waals surface area contributed by atoms with Gasteiger partial charge < -0.3 is 15.5 Å². The van der Waals surface area contributed by atoms with Gasteiger partial charge in [0.05, 0.1) is 18.3 Å². The van der Waals surface area contributed by atoms with E-state index in [-0.39, 0.29) is 11.2 Å². The first-order chi connectivity index (χ1) is 6.72. The maximum atomic E-state index is 11.2. The van der Waals surface area contributed by atoms with Crippen LogP contribution in [0.2, 0.25) is 0 Å². The van der Waals surface area contributed by atoms with Gasteiger partial charge in [0.1, 0.15) is 5.75 Å². The number of benzene rings is 1. The molecule has 4 heteroatoms. The van der Waals surface area contributed by atoms with E-state index in [0.717, 1.165) is 10.9 Å².